The number of nitrogens with two attached hydrogens (primary N) is 1. The molecule has 1 aliphatic rings. The Labute approximate surface area is 163 Å². The van der Waals surface area contributed by atoms with Gasteiger partial charge in [-0.3, -0.25) is 14.4 Å². The monoisotopic (exact) mass is 390 g/mol. The van der Waals surface area contributed by atoms with E-state index in [0.717, 1.165) is 5.56 Å². The molecule has 0 spiro atoms. The van der Waals surface area contributed by atoms with Gasteiger partial charge in [0.2, 0.25) is 17.7 Å². The van der Waals surface area contributed by atoms with Crippen LogP contribution in [0.15, 0.2) is 30.3 Å². The standard InChI is InChI=1S/C19H26N4O5/c1-12-18(26)23(10-9-21-12)15(11-13-5-3-2-4-6-13)17(25)22-14(19(27)28)7-8-16(20)24/h2-6,12,14-15,21H,7-11H2,1H3,(H2,20,24)(H,22,25)(H,27,28)/t12-,14-,15-/m0/s1. The Morgan fingerprint density at radius 1 is 1.32 bits per heavy atom. The van der Waals surface area contributed by atoms with Gasteiger partial charge in [0, 0.05) is 25.9 Å². The fourth-order valence-corrected chi connectivity index (χ4v) is 3.15. The van der Waals surface area contributed by atoms with E-state index in [1.807, 2.05) is 30.3 Å². The largest absolute Gasteiger partial charge is 0.480 e. The van der Waals surface area contributed by atoms with Crippen LogP contribution in [0, 0.1) is 0 Å². The van der Waals surface area contributed by atoms with Crippen molar-refractivity contribution in [1.29, 1.82) is 0 Å². The van der Waals surface area contributed by atoms with Crippen molar-refractivity contribution in [3.63, 3.8) is 0 Å². The molecule has 0 radical (unpaired) electrons. The Balaban J connectivity index is 2.21. The van der Waals surface area contributed by atoms with E-state index in [2.05, 4.69) is 10.6 Å². The lowest BCUT2D eigenvalue weighted by Gasteiger charge is -2.37. The minimum atomic E-state index is -1.26. The lowest BCUT2D eigenvalue weighted by Crippen LogP contribution is -2.61. The highest BCUT2D eigenvalue weighted by Gasteiger charge is 2.36. The summed E-state index contributed by atoms with van der Waals surface area (Å²) in [4.78, 5) is 49.5. The number of nitrogens with zero attached hydrogens (tertiary/aromatic N) is 1. The molecule has 1 heterocycles. The molecule has 9 nitrogen and oxygen atoms in total. The topological polar surface area (TPSA) is 142 Å². The lowest BCUT2D eigenvalue weighted by molar-refractivity contribution is -0.146. The van der Waals surface area contributed by atoms with E-state index < -0.39 is 35.9 Å². The summed E-state index contributed by atoms with van der Waals surface area (Å²) in [6.45, 7) is 2.60. The van der Waals surface area contributed by atoms with Crippen molar-refractivity contribution in [2.75, 3.05) is 13.1 Å². The summed E-state index contributed by atoms with van der Waals surface area (Å²) in [5.74, 6) is -2.69. The number of carboxylic acid groups (broad SMARTS) is 1. The van der Waals surface area contributed by atoms with Gasteiger partial charge in [0.05, 0.1) is 6.04 Å². The smallest absolute Gasteiger partial charge is 0.326 e. The number of rotatable bonds is 9. The number of nitrogens with one attached hydrogen (secondary N) is 2. The first-order valence-electron chi connectivity index (χ1n) is 9.19. The number of amides is 3. The Morgan fingerprint density at radius 3 is 2.61 bits per heavy atom. The number of aliphatic carboxylic acids is 1. The molecule has 3 amide bonds. The SMILES string of the molecule is C[C@@H]1NCCN([C@@H](Cc2ccccc2)C(=O)N[C@@H](CCC(N)=O)C(=O)O)C1=O. The van der Waals surface area contributed by atoms with Crippen LogP contribution < -0.4 is 16.4 Å². The van der Waals surface area contributed by atoms with Crippen LogP contribution in [0.3, 0.4) is 0 Å². The van der Waals surface area contributed by atoms with Crippen LogP contribution in [0.25, 0.3) is 0 Å². The first-order valence-corrected chi connectivity index (χ1v) is 9.19. The van der Waals surface area contributed by atoms with Crippen LogP contribution in [0.1, 0.15) is 25.3 Å². The van der Waals surface area contributed by atoms with Gasteiger partial charge >= 0.3 is 5.97 Å². The molecule has 1 aliphatic heterocycles. The van der Waals surface area contributed by atoms with Crippen LogP contribution in [0.4, 0.5) is 0 Å². The van der Waals surface area contributed by atoms with Crippen molar-refractivity contribution in [3.05, 3.63) is 35.9 Å². The zero-order valence-corrected chi connectivity index (χ0v) is 15.8. The van der Waals surface area contributed by atoms with Gasteiger partial charge in [0.1, 0.15) is 12.1 Å². The Bertz CT molecular complexity index is 724. The molecule has 1 fully saturated rings. The first-order chi connectivity index (χ1) is 13.3. The number of carbonyl (C=O) groups is 4. The van der Waals surface area contributed by atoms with Gasteiger partial charge in [-0.15, -0.1) is 0 Å². The fourth-order valence-electron chi connectivity index (χ4n) is 3.15. The molecule has 2 rings (SSSR count). The molecule has 3 atom stereocenters. The second-order valence-corrected chi connectivity index (χ2v) is 6.82. The predicted octanol–water partition coefficient (Wildman–Crippen LogP) is -0.747. The summed E-state index contributed by atoms with van der Waals surface area (Å²) in [5, 5.41) is 14.9. The van der Waals surface area contributed by atoms with Crippen molar-refractivity contribution < 1.29 is 24.3 Å². The average molecular weight is 390 g/mol. The predicted molar refractivity (Wildman–Crippen MR) is 101 cm³/mol. The van der Waals surface area contributed by atoms with Crippen LogP contribution >= 0.6 is 0 Å². The lowest BCUT2D eigenvalue weighted by atomic mass is 10.0. The number of hydrogen-bond donors (Lipinski definition) is 4. The van der Waals surface area contributed by atoms with Crippen molar-refractivity contribution in [2.45, 2.75) is 44.3 Å². The van der Waals surface area contributed by atoms with E-state index in [1.165, 1.54) is 4.90 Å². The molecule has 5 N–H and O–H groups in total. The molecule has 1 aromatic rings. The number of carboxylic acids is 1. The maximum Gasteiger partial charge on any atom is 0.326 e. The zero-order chi connectivity index (χ0) is 20.7. The molecule has 0 saturated carbocycles. The zero-order valence-electron chi connectivity index (χ0n) is 15.8. The van der Waals surface area contributed by atoms with Crippen molar-refractivity contribution >= 4 is 23.7 Å². The number of hydrogen-bond acceptors (Lipinski definition) is 5. The second kappa shape index (κ2) is 9.84. The molecular formula is C19H26N4O5. The number of piperazine rings is 1. The van der Waals surface area contributed by atoms with E-state index in [4.69, 9.17) is 5.73 Å². The third kappa shape index (κ3) is 5.78. The van der Waals surface area contributed by atoms with Gasteiger partial charge in [-0.2, -0.15) is 0 Å². The normalized spacial score (nSPS) is 19.0. The van der Waals surface area contributed by atoms with E-state index in [1.54, 1.807) is 6.92 Å². The maximum atomic E-state index is 13.0. The van der Waals surface area contributed by atoms with Crippen molar-refractivity contribution in [1.82, 2.24) is 15.5 Å². The van der Waals surface area contributed by atoms with Crippen LogP contribution in [0.5, 0.6) is 0 Å². The van der Waals surface area contributed by atoms with Gasteiger partial charge in [-0.25, -0.2) is 4.79 Å². The van der Waals surface area contributed by atoms with Crippen LogP contribution in [0.2, 0.25) is 0 Å². The highest BCUT2D eigenvalue weighted by atomic mass is 16.4. The van der Waals surface area contributed by atoms with E-state index >= 15 is 0 Å². The quantitative estimate of drug-likeness (QED) is 0.437. The molecule has 9 heteroatoms. The summed E-state index contributed by atoms with van der Waals surface area (Å²) in [7, 11) is 0. The maximum absolute atomic E-state index is 13.0. The van der Waals surface area contributed by atoms with E-state index in [0.29, 0.717) is 13.1 Å². The van der Waals surface area contributed by atoms with Gasteiger partial charge < -0.3 is 26.4 Å². The third-order valence-electron chi connectivity index (χ3n) is 4.70. The highest BCUT2D eigenvalue weighted by Crippen LogP contribution is 2.14. The molecule has 0 aliphatic carbocycles. The fraction of sp³-hybridized carbons (Fsp3) is 0.474. The minimum Gasteiger partial charge on any atom is -0.480 e. The van der Waals surface area contributed by atoms with E-state index in [9.17, 15) is 24.3 Å². The van der Waals surface area contributed by atoms with Gasteiger partial charge in [0.15, 0.2) is 0 Å². The Kier molecular flexibility index (Phi) is 7.51. The Hall–Kier alpha value is -2.94. The minimum absolute atomic E-state index is 0.111. The molecule has 0 bridgehead atoms. The van der Waals surface area contributed by atoms with Crippen molar-refractivity contribution in [2.24, 2.45) is 5.73 Å². The summed E-state index contributed by atoms with van der Waals surface area (Å²) < 4.78 is 0. The molecule has 152 valence electrons. The first kappa shape index (κ1) is 21.4. The van der Waals surface area contributed by atoms with Gasteiger partial charge in [0.25, 0.3) is 0 Å². The summed E-state index contributed by atoms with van der Waals surface area (Å²) >= 11 is 0. The second-order valence-electron chi connectivity index (χ2n) is 6.82. The molecule has 1 aromatic carbocycles. The Morgan fingerprint density at radius 2 is 2.00 bits per heavy atom. The number of carbonyl (C=O) groups excluding carboxylic acids is 3. The van der Waals surface area contributed by atoms with Gasteiger partial charge in [-0.05, 0) is 18.9 Å². The molecule has 28 heavy (non-hydrogen) atoms. The van der Waals surface area contributed by atoms with Crippen LogP contribution in [-0.2, 0) is 25.6 Å². The molecule has 1 saturated heterocycles. The number of primary amides is 1. The average Bonchev–Trinajstić information content (AvgIpc) is 2.66. The van der Waals surface area contributed by atoms with Crippen LogP contribution in [-0.4, -0.2) is 64.9 Å². The summed E-state index contributed by atoms with van der Waals surface area (Å²) in [6, 6.07) is 6.67. The molecule has 0 aromatic heterocycles. The van der Waals surface area contributed by atoms with E-state index in [-0.39, 0.29) is 25.2 Å². The number of benzene rings is 1. The summed E-state index contributed by atoms with van der Waals surface area (Å²) in [6.07, 6.45) is -0.0160. The molecular weight excluding hydrogens is 364 g/mol. The highest BCUT2D eigenvalue weighted by molar-refractivity contribution is 5.92. The molecule has 0 unspecified atom stereocenters. The third-order valence-corrected chi connectivity index (χ3v) is 4.70. The van der Waals surface area contributed by atoms with Gasteiger partial charge in [-0.1, -0.05) is 30.3 Å². The van der Waals surface area contributed by atoms with Crippen molar-refractivity contribution in [3.8, 4) is 0 Å². The summed E-state index contributed by atoms with van der Waals surface area (Å²) in [5.41, 5.74) is 5.93.